The highest BCUT2D eigenvalue weighted by Crippen LogP contribution is 2.21. The molecule has 2 amide bonds. The number of benzene rings is 2. The van der Waals surface area contributed by atoms with Gasteiger partial charge in [-0.05, 0) is 17.5 Å². The summed E-state index contributed by atoms with van der Waals surface area (Å²) in [5.74, 6) is -1.39. The zero-order valence-electron chi connectivity index (χ0n) is 12.7. The van der Waals surface area contributed by atoms with E-state index in [9.17, 15) is 9.59 Å². The van der Waals surface area contributed by atoms with Crippen molar-refractivity contribution in [3.63, 3.8) is 0 Å². The van der Waals surface area contributed by atoms with Crippen molar-refractivity contribution in [3.05, 3.63) is 71.8 Å². The van der Waals surface area contributed by atoms with E-state index in [1.807, 2.05) is 60.7 Å². The summed E-state index contributed by atoms with van der Waals surface area (Å²) in [5, 5.41) is 14.0. The third-order valence-electron chi connectivity index (χ3n) is 3.37. The third kappa shape index (κ3) is 4.93. The number of rotatable bonds is 6. The minimum absolute atomic E-state index is 0.0292. The summed E-state index contributed by atoms with van der Waals surface area (Å²) >= 11 is 0. The van der Waals surface area contributed by atoms with Gasteiger partial charge in [-0.15, -0.1) is 0 Å². The maximum absolute atomic E-state index is 12.1. The van der Waals surface area contributed by atoms with E-state index < -0.39 is 17.9 Å². The van der Waals surface area contributed by atoms with Crippen molar-refractivity contribution in [2.45, 2.75) is 12.5 Å². The summed E-state index contributed by atoms with van der Waals surface area (Å²) < 4.78 is 0. The second-order valence-electron chi connectivity index (χ2n) is 5.06. The summed E-state index contributed by atoms with van der Waals surface area (Å²) in [5.41, 5.74) is 1.80. The topological polar surface area (TPSA) is 78.4 Å². The monoisotopic (exact) mass is 312 g/mol. The van der Waals surface area contributed by atoms with Crippen molar-refractivity contribution in [3.8, 4) is 0 Å². The van der Waals surface area contributed by atoms with E-state index >= 15 is 0 Å². The second kappa shape index (κ2) is 8.70. The number of amides is 2. The molecule has 0 fully saturated rings. The molecule has 0 bridgehead atoms. The van der Waals surface area contributed by atoms with Gasteiger partial charge in [0, 0.05) is 13.2 Å². The standard InChI is InChI=1S/C18H20N2O3/c21-13-7-12-19-17(22)18(23)20-16(14-8-3-1-4-9-14)15-10-5-2-6-11-15/h1-6,8-11,16,21H,7,12-13H2,(H,19,22)(H,20,23). The molecule has 0 heterocycles. The van der Waals surface area contributed by atoms with Gasteiger partial charge in [0.1, 0.15) is 0 Å². The molecule has 5 heteroatoms. The van der Waals surface area contributed by atoms with Gasteiger partial charge < -0.3 is 15.7 Å². The zero-order valence-corrected chi connectivity index (χ0v) is 12.7. The predicted octanol–water partition coefficient (Wildman–Crippen LogP) is 1.39. The van der Waals surface area contributed by atoms with Crippen LogP contribution in [0.25, 0.3) is 0 Å². The molecule has 0 aliphatic carbocycles. The fourth-order valence-electron chi connectivity index (χ4n) is 2.21. The highest BCUT2D eigenvalue weighted by Gasteiger charge is 2.20. The Morgan fingerprint density at radius 3 is 1.87 bits per heavy atom. The maximum atomic E-state index is 12.1. The molecule has 0 unspecified atom stereocenters. The Morgan fingerprint density at radius 1 is 0.870 bits per heavy atom. The number of aliphatic hydroxyl groups excluding tert-OH is 1. The van der Waals surface area contributed by atoms with E-state index in [0.717, 1.165) is 11.1 Å². The van der Waals surface area contributed by atoms with E-state index in [1.54, 1.807) is 0 Å². The Hall–Kier alpha value is -2.66. The van der Waals surface area contributed by atoms with Gasteiger partial charge in [0.05, 0.1) is 6.04 Å². The number of aliphatic hydroxyl groups is 1. The molecule has 0 atom stereocenters. The van der Waals surface area contributed by atoms with Crippen LogP contribution in [0.3, 0.4) is 0 Å². The lowest BCUT2D eigenvalue weighted by molar-refractivity contribution is -0.139. The van der Waals surface area contributed by atoms with Gasteiger partial charge in [-0.25, -0.2) is 0 Å². The van der Waals surface area contributed by atoms with Gasteiger partial charge in [0.15, 0.2) is 0 Å². The molecular formula is C18H20N2O3. The van der Waals surface area contributed by atoms with Crippen LogP contribution in [0.2, 0.25) is 0 Å². The van der Waals surface area contributed by atoms with Crippen LogP contribution in [0.1, 0.15) is 23.6 Å². The normalized spacial score (nSPS) is 10.3. The molecule has 0 saturated carbocycles. The zero-order chi connectivity index (χ0) is 16.5. The molecule has 2 rings (SSSR count). The fraction of sp³-hybridized carbons (Fsp3) is 0.222. The van der Waals surface area contributed by atoms with Crippen LogP contribution in [-0.2, 0) is 9.59 Å². The van der Waals surface area contributed by atoms with Crippen molar-refractivity contribution < 1.29 is 14.7 Å². The minimum Gasteiger partial charge on any atom is -0.396 e. The van der Waals surface area contributed by atoms with Crippen LogP contribution in [0.4, 0.5) is 0 Å². The summed E-state index contributed by atoms with van der Waals surface area (Å²) in [6.07, 6.45) is 0.416. The second-order valence-corrected chi connectivity index (χ2v) is 5.06. The smallest absolute Gasteiger partial charge is 0.310 e. The first kappa shape index (κ1) is 16.7. The first-order chi connectivity index (χ1) is 11.2. The fourth-order valence-corrected chi connectivity index (χ4v) is 2.21. The molecule has 23 heavy (non-hydrogen) atoms. The van der Waals surface area contributed by atoms with E-state index in [1.165, 1.54) is 0 Å². The largest absolute Gasteiger partial charge is 0.396 e. The van der Waals surface area contributed by atoms with Gasteiger partial charge in [-0.3, -0.25) is 9.59 Å². The predicted molar refractivity (Wildman–Crippen MR) is 87.6 cm³/mol. The Balaban J connectivity index is 2.13. The summed E-state index contributed by atoms with van der Waals surface area (Å²) in [7, 11) is 0. The molecule has 2 aromatic carbocycles. The Bertz CT molecular complexity index is 590. The molecule has 0 aliphatic heterocycles. The van der Waals surface area contributed by atoms with Gasteiger partial charge in [-0.2, -0.15) is 0 Å². The SMILES string of the molecule is O=C(NCCCO)C(=O)NC(c1ccccc1)c1ccccc1. The van der Waals surface area contributed by atoms with Crippen LogP contribution >= 0.6 is 0 Å². The van der Waals surface area contributed by atoms with Crippen molar-refractivity contribution in [2.75, 3.05) is 13.2 Å². The van der Waals surface area contributed by atoms with Crippen molar-refractivity contribution in [1.29, 1.82) is 0 Å². The molecule has 0 radical (unpaired) electrons. The van der Waals surface area contributed by atoms with Crippen LogP contribution in [0, 0.1) is 0 Å². The Morgan fingerprint density at radius 2 is 1.39 bits per heavy atom. The lowest BCUT2D eigenvalue weighted by Gasteiger charge is -2.19. The Kier molecular flexibility index (Phi) is 6.32. The summed E-state index contributed by atoms with van der Waals surface area (Å²) in [6, 6.07) is 18.6. The van der Waals surface area contributed by atoms with Crippen molar-refractivity contribution >= 4 is 11.8 Å². The molecule has 0 spiro atoms. The number of nitrogens with one attached hydrogen (secondary N) is 2. The molecule has 2 aromatic rings. The average molecular weight is 312 g/mol. The number of hydrogen-bond acceptors (Lipinski definition) is 3. The molecule has 0 saturated heterocycles. The van der Waals surface area contributed by atoms with Crippen molar-refractivity contribution in [2.24, 2.45) is 0 Å². The van der Waals surface area contributed by atoms with Crippen LogP contribution in [-0.4, -0.2) is 30.1 Å². The summed E-state index contributed by atoms with van der Waals surface area (Å²) in [6.45, 7) is 0.239. The van der Waals surface area contributed by atoms with E-state index in [2.05, 4.69) is 10.6 Å². The molecule has 120 valence electrons. The highest BCUT2D eigenvalue weighted by molar-refractivity contribution is 6.35. The van der Waals surface area contributed by atoms with Gasteiger partial charge in [0.25, 0.3) is 0 Å². The van der Waals surface area contributed by atoms with E-state index in [4.69, 9.17) is 5.11 Å². The first-order valence-electron chi connectivity index (χ1n) is 7.52. The number of carbonyl (C=O) groups is 2. The molecule has 3 N–H and O–H groups in total. The van der Waals surface area contributed by atoms with Crippen LogP contribution in [0.5, 0.6) is 0 Å². The van der Waals surface area contributed by atoms with Crippen LogP contribution < -0.4 is 10.6 Å². The number of hydrogen-bond donors (Lipinski definition) is 3. The molecule has 0 aliphatic rings. The number of carbonyl (C=O) groups excluding carboxylic acids is 2. The molecular weight excluding hydrogens is 292 g/mol. The minimum atomic E-state index is -0.699. The quantitative estimate of drug-likeness (QED) is 0.557. The molecule has 0 aromatic heterocycles. The Labute approximate surface area is 135 Å². The van der Waals surface area contributed by atoms with Crippen LogP contribution in [0.15, 0.2) is 60.7 Å². The van der Waals surface area contributed by atoms with E-state index in [0.29, 0.717) is 6.42 Å². The van der Waals surface area contributed by atoms with Gasteiger partial charge in [0.2, 0.25) is 0 Å². The average Bonchev–Trinajstić information content (AvgIpc) is 2.61. The lowest BCUT2D eigenvalue weighted by Crippen LogP contribution is -2.42. The summed E-state index contributed by atoms with van der Waals surface area (Å²) in [4.78, 5) is 23.9. The molecule has 5 nitrogen and oxygen atoms in total. The van der Waals surface area contributed by atoms with Gasteiger partial charge >= 0.3 is 11.8 Å². The van der Waals surface area contributed by atoms with E-state index in [-0.39, 0.29) is 13.2 Å². The third-order valence-corrected chi connectivity index (χ3v) is 3.37. The first-order valence-corrected chi connectivity index (χ1v) is 7.52. The maximum Gasteiger partial charge on any atom is 0.310 e. The van der Waals surface area contributed by atoms with Gasteiger partial charge in [-0.1, -0.05) is 60.7 Å². The highest BCUT2D eigenvalue weighted by atomic mass is 16.3. The lowest BCUT2D eigenvalue weighted by atomic mass is 9.99. The van der Waals surface area contributed by atoms with Crippen molar-refractivity contribution in [1.82, 2.24) is 10.6 Å².